The molecule has 5 nitrogen and oxygen atoms in total. The van der Waals surface area contributed by atoms with Gasteiger partial charge in [0, 0.05) is 0 Å². The summed E-state index contributed by atoms with van der Waals surface area (Å²) in [5.41, 5.74) is 5.60. The van der Waals surface area contributed by atoms with Crippen molar-refractivity contribution in [3.05, 3.63) is 0 Å². The molecule has 15 heavy (non-hydrogen) atoms. The maximum Gasteiger partial charge on any atom is 0.326 e. The van der Waals surface area contributed by atoms with Crippen LogP contribution in [0.25, 0.3) is 0 Å². The Morgan fingerprint density at radius 1 is 1.40 bits per heavy atom. The highest BCUT2D eigenvalue weighted by Crippen LogP contribution is 2.01. The number of amides is 1. The third-order valence-corrected chi connectivity index (χ3v) is 2.21. The van der Waals surface area contributed by atoms with Crippen LogP contribution in [0.2, 0.25) is 0 Å². The van der Waals surface area contributed by atoms with Crippen molar-refractivity contribution in [2.75, 3.05) is 0 Å². The van der Waals surface area contributed by atoms with E-state index in [1.54, 1.807) is 0 Å². The first kappa shape index (κ1) is 13.9. The van der Waals surface area contributed by atoms with Crippen molar-refractivity contribution in [3.8, 4) is 0 Å². The van der Waals surface area contributed by atoms with E-state index >= 15 is 0 Å². The molecule has 0 unspecified atom stereocenters. The number of carboxylic acids is 1. The van der Waals surface area contributed by atoms with Crippen LogP contribution in [0.1, 0.15) is 33.6 Å². The lowest BCUT2D eigenvalue weighted by atomic mass is 10.0. The first-order valence-electron chi connectivity index (χ1n) is 5.18. The molecule has 0 saturated heterocycles. The van der Waals surface area contributed by atoms with Gasteiger partial charge in [-0.3, -0.25) is 4.79 Å². The van der Waals surface area contributed by atoms with Crippen molar-refractivity contribution in [2.45, 2.75) is 45.7 Å². The topological polar surface area (TPSA) is 92.4 Å². The standard InChI is InChI=1S/C10H20N2O3/c1-4-5-7(10(14)15)12-9(13)8(11)6(2)3/h6-8H,4-5,11H2,1-3H3,(H,12,13)(H,14,15)/t7-,8-/m1/s1. The number of hydrogen-bond acceptors (Lipinski definition) is 3. The Bertz CT molecular complexity index is 229. The molecule has 0 aromatic heterocycles. The molecule has 2 atom stereocenters. The molecule has 0 rings (SSSR count). The number of nitrogens with one attached hydrogen (secondary N) is 1. The number of aliphatic carboxylic acids is 1. The largest absolute Gasteiger partial charge is 0.480 e. The molecule has 0 aromatic carbocycles. The fraction of sp³-hybridized carbons (Fsp3) is 0.800. The highest BCUT2D eigenvalue weighted by molar-refractivity contribution is 5.86. The van der Waals surface area contributed by atoms with Crippen molar-refractivity contribution in [1.82, 2.24) is 5.32 Å². The molecule has 0 fully saturated rings. The summed E-state index contributed by atoms with van der Waals surface area (Å²) in [7, 11) is 0. The highest BCUT2D eigenvalue weighted by Gasteiger charge is 2.23. The Kier molecular flexibility index (Phi) is 5.93. The minimum absolute atomic E-state index is 0.000992. The summed E-state index contributed by atoms with van der Waals surface area (Å²) in [5, 5.41) is 11.3. The molecule has 0 aliphatic carbocycles. The predicted molar refractivity (Wildman–Crippen MR) is 57.3 cm³/mol. The molecule has 88 valence electrons. The summed E-state index contributed by atoms with van der Waals surface area (Å²) in [6.07, 6.45) is 1.13. The van der Waals surface area contributed by atoms with Gasteiger partial charge in [0.1, 0.15) is 6.04 Å². The van der Waals surface area contributed by atoms with Gasteiger partial charge in [-0.15, -0.1) is 0 Å². The van der Waals surface area contributed by atoms with Crippen LogP contribution in [-0.4, -0.2) is 29.1 Å². The van der Waals surface area contributed by atoms with E-state index in [2.05, 4.69) is 5.32 Å². The van der Waals surface area contributed by atoms with Gasteiger partial charge in [-0.05, 0) is 12.3 Å². The minimum Gasteiger partial charge on any atom is -0.480 e. The van der Waals surface area contributed by atoms with Gasteiger partial charge in [-0.1, -0.05) is 27.2 Å². The summed E-state index contributed by atoms with van der Waals surface area (Å²) in [6, 6.07) is -1.48. The average Bonchev–Trinajstić information content (AvgIpc) is 2.15. The third-order valence-electron chi connectivity index (χ3n) is 2.21. The van der Waals surface area contributed by atoms with Gasteiger partial charge in [-0.25, -0.2) is 4.79 Å². The van der Waals surface area contributed by atoms with E-state index in [0.29, 0.717) is 12.8 Å². The summed E-state index contributed by atoms with van der Waals surface area (Å²) in [5.74, 6) is -1.41. The van der Waals surface area contributed by atoms with Gasteiger partial charge < -0.3 is 16.2 Å². The molecule has 0 saturated carbocycles. The Balaban J connectivity index is 4.28. The molecule has 5 heteroatoms. The highest BCUT2D eigenvalue weighted by atomic mass is 16.4. The van der Waals surface area contributed by atoms with Crippen LogP contribution < -0.4 is 11.1 Å². The van der Waals surface area contributed by atoms with Gasteiger partial charge in [0.25, 0.3) is 0 Å². The number of hydrogen-bond donors (Lipinski definition) is 3. The number of rotatable bonds is 6. The fourth-order valence-corrected chi connectivity index (χ4v) is 1.12. The lowest BCUT2D eigenvalue weighted by Crippen LogP contribution is -2.50. The second-order valence-electron chi connectivity index (χ2n) is 3.96. The number of carbonyl (C=O) groups is 2. The number of nitrogens with two attached hydrogens (primary N) is 1. The Hall–Kier alpha value is -1.10. The van der Waals surface area contributed by atoms with Gasteiger partial charge in [0.15, 0.2) is 0 Å². The number of carboxylic acid groups (broad SMARTS) is 1. The first-order chi connectivity index (χ1) is 6.90. The van der Waals surface area contributed by atoms with Crippen LogP contribution in [0, 0.1) is 5.92 Å². The Morgan fingerprint density at radius 2 is 1.93 bits per heavy atom. The maximum atomic E-state index is 11.5. The molecule has 0 spiro atoms. The second kappa shape index (κ2) is 6.40. The molecule has 0 bridgehead atoms. The first-order valence-corrected chi connectivity index (χ1v) is 5.18. The third kappa shape index (κ3) is 4.78. The van der Waals surface area contributed by atoms with Crippen molar-refractivity contribution in [1.29, 1.82) is 0 Å². The Labute approximate surface area is 90.0 Å². The van der Waals surface area contributed by atoms with Crippen LogP contribution in [-0.2, 0) is 9.59 Å². The molecule has 0 heterocycles. The smallest absolute Gasteiger partial charge is 0.326 e. The van der Waals surface area contributed by atoms with E-state index < -0.39 is 24.0 Å². The fourth-order valence-electron chi connectivity index (χ4n) is 1.12. The van der Waals surface area contributed by atoms with E-state index in [1.165, 1.54) is 0 Å². The summed E-state index contributed by atoms with van der Waals surface area (Å²) in [6.45, 7) is 5.50. The molecule has 0 aliphatic heterocycles. The van der Waals surface area contributed by atoms with Crippen molar-refractivity contribution in [3.63, 3.8) is 0 Å². The molecule has 0 radical (unpaired) electrons. The monoisotopic (exact) mass is 216 g/mol. The molecular weight excluding hydrogens is 196 g/mol. The van der Waals surface area contributed by atoms with Crippen LogP contribution in [0.4, 0.5) is 0 Å². The van der Waals surface area contributed by atoms with Crippen molar-refractivity contribution < 1.29 is 14.7 Å². The Morgan fingerprint density at radius 3 is 2.27 bits per heavy atom. The van der Waals surface area contributed by atoms with E-state index in [0.717, 1.165) is 0 Å². The van der Waals surface area contributed by atoms with Crippen molar-refractivity contribution >= 4 is 11.9 Å². The van der Waals surface area contributed by atoms with Gasteiger partial charge >= 0.3 is 5.97 Å². The van der Waals surface area contributed by atoms with E-state index in [9.17, 15) is 9.59 Å². The summed E-state index contributed by atoms with van der Waals surface area (Å²) < 4.78 is 0. The second-order valence-corrected chi connectivity index (χ2v) is 3.96. The summed E-state index contributed by atoms with van der Waals surface area (Å²) >= 11 is 0. The molecule has 0 aromatic rings. The van der Waals surface area contributed by atoms with Crippen LogP contribution >= 0.6 is 0 Å². The lowest BCUT2D eigenvalue weighted by molar-refractivity contribution is -0.142. The van der Waals surface area contributed by atoms with Gasteiger partial charge in [-0.2, -0.15) is 0 Å². The molecule has 1 amide bonds. The predicted octanol–water partition coefficient (Wildman–Crippen LogP) is 0.339. The zero-order valence-electron chi connectivity index (χ0n) is 9.49. The van der Waals surface area contributed by atoms with Gasteiger partial charge in [0.05, 0.1) is 6.04 Å². The van der Waals surface area contributed by atoms with Crippen LogP contribution in [0.15, 0.2) is 0 Å². The molecule has 4 N–H and O–H groups in total. The van der Waals surface area contributed by atoms with E-state index in [-0.39, 0.29) is 5.92 Å². The maximum absolute atomic E-state index is 11.5. The van der Waals surface area contributed by atoms with Crippen LogP contribution in [0.3, 0.4) is 0 Å². The molecule has 0 aliphatic rings. The average molecular weight is 216 g/mol. The zero-order valence-corrected chi connectivity index (χ0v) is 9.49. The van der Waals surface area contributed by atoms with Gasteiger partial charge in [0.2, 0.25) is 5.91 Å². The quantitative estimate of drug-likeness (QED) is 0.597. The summed E-state index contributed by atoms with van der Waals surface area (Å²) in [4.78, 5) is 22.2. The van der Waals surface area contributed by atoms with E-state index in [4.69, 9.17) is 10.8 Å². The molecular formula is C10H20N2O3. The zero-order chi connectivity index (χ0) is 12.0. The van der Waals surface area contributed by atoms with E-state index in [1.807, 2.05) is 20.8 Å². The van der Waals surface area contributed by atoms with Crippen LogP contribution in [0.5, 0.6) is 0 Å². The minimum atomic E-state index is -1.01. The normalized spacial score (nSPS) is 14.7. The lowest BCUT2D eigenvalue weighted by Gasteiger charge is -2.19. The van der Waals surface area contributed by atoms with Crippen molar-refractivity contribution in [2.24, 2.45) is 11.7 Å². The number of carbonyl (C=O) groups excluding carboxylic acids is 1. The SMILES string of the molecule is CCC[C@@H](NC(=O)[C@H](N)C(C)C)C(=O)O.